The summed E-state index contributed by atoms with van der Waals surface area (Å²) in [7, 11) is 0. The summed E-state index contributed by atoms with van der Waals surface area (Å²) in [5.41, 5.74) is 4.61. The molecular weight excluding hydrogens is 249 g/mol. The van der Waals surface area contributed by atoms with E-state index in [1.165, 1.54) is 0 Å². The maximum Gasteiger partial charge on any atom is 0.433 e. The van der Waals surface area contributed by atoms with E-state index in [2.05, 4.69) is 9.97 Å². The molecule has 1 fully saturated rings. The zero-order valence-electron chi connectivity index (χ0n) is 9.52. The summed E-state index contributed by atoms with van der Waals surface area (Å²) < 4.78 is 42.9. The molecule has 8 heteroatoms. The Bertz CT molecular complexity index is 412. The van der Waals surface area contributed by atoms with Gasteiger partial charge in [-0.05, 0) is 6.07 Å². The highest BCUT2D eigenvalue weighted by Crippen LogP contribution is 2.28. The standard InChI is InChI=1S/C10H13F3N4O/c11-10(12,13)8-1-2-15-9(16-8)17-3-4-18-6-7(17)5-14/h1-2,7H,3-6,14H2. The van der Waals surface area contributed by atoms with E-state index in [0.717, 1.165) is 12.3 Å². The predicted octanol–water partition coefficient (Wildman–Crippen LogP) is 0.659. The molecule has 0 aromatic carbocycles. The van der Waals surface area contributed by atoms with Gasteiger partial charge in [0.2, 0.25) is 5.95 Å². The van der Waals surface area contributed by atoms with Crippen molar-refractivity contribution in [2.24, 2.45) is 5.73 Å². The Hall–Kier alpha value is -1.41. The second-order valence-corrected chi connectivity index (χ2v) is 3.90. The molecule has 100 valence electrons. The fourth-order valence-corrected chi connectivity index (χ4v) is 1.76. The molecule has 1 aliphatic rings. The van der Waals surface area contributed by atoms with Crippen LogP contribution in [0, 0.1) is 0 Å². The van der Waals surface area contributed by atoms with Crippen LogP contribution in [-0.2, 0) is 10.9 Å². The maximum atomic E-state index is 12.6. The second kappa shape index (κ2) is 5.07. The summed E-state index contributed by atoms with van der Waals surface area (Å²) >= 11 is 0. The third-order valence-electron chi connectivity index (χ3n) is 2.69. The van der Waals surface area contributed by atoms with E-state index in [1.54, 1.807) is 4.90 Å². The van der Waals surface area contributed by atoms with Gasteiger partial charge >= 0.3 is 6.18 Å². The smallest absolute Gasteiger partial charge is 0.377 e. The van der Waals surface area contributed by atoms with Gasteiger partial charge in [-0.1, -0.05) is 0 Å². The van der Waals surface area contributed by atoms with Crippen LogP contribution in [0.4, 0.5) is 19.1 Å². The van der Waals surface area contributed by atoms with E-state index in [0.29, 0.717) is 19.8 Å². The first kappa shape index (κ1) is 13.0. The fourth-order valence-electron chi connectivity index (χ4n) is 1.76. The number of rotatable bonds is 2. The van der Waals surface area contributed by atoms with Gasteiger partial charge in [0, 0.05) is 19.3 Å². The number of nitrogens with zero attached hydrogens (tertiary/aromatic N) is 3. The van der Waals surface area contributed by atoms with E-state index >= 15 is 0 Å². The highest BCUT2D eigenvalue weighted by atomic mass is 19.4. The number of anilines is 1. The molecule has 5 nitrogen and oxygen atoms in total. The number of ether oxygens (including phenoxy) is 1. The molecule has 18 heavy (non-hydrogen) atoms. The van der Waals surface area contributed by atoms with Crippen LogP contribution in [0.1, 0.15) is 5.69 Å². The summed E-state index contributed by atoms with van der Waals surface area (Å²) in [6.45, 7) is 1.51. The van der Waals surface area contributed by atoms with E-state index < -0.39 is 11.9 Å². The van der Waals surface area contributed by atoms with Crippen molar-refractivity contribution in [1.29, 1.82) is 0 Å². The van der Waals surface area contributed by atoms with Gasteiger partial charge in [0.25, 0.3) is 0 Å². The topological polar surface area (TPSA) is 64.3 Å². The van der Waals surface area contributed by atoms with Crippen molar-refractivity contribution in [1.82, 2.24) is 9.97 Å². The Balaban J connectivity index is 2.27. The minimum Gasteiger partial charge on any atom is -0.377 e. The summed E-state index contributed by atoms with van der Waals surface area (Å²) in [4.78, 5) is 9.07. The molecule has 1 aliphatic heterocycles. The van der Waals surface area contributed by atoms with Crippen molar-refractivity contribution in [2.75, 3.05) is 31.2 Å². The summed E-state index contributed by atoms with van der Waals surface area (Å²) in [6, 6.07) is 0.656. The van der Waals surface area contributed by atoms with Crippen molar-refractivity contribution < 1.29 is 17.9 Å². The molecule has 0 spiro atoms. The van der Waals surface area contributed by atoms with Gasteiger partial charge in [-0.15, -0.1) is 0 Å². The van der Waals surface area contributed by atoms with E-state index in [9.17, 15) is 13.2 Å². The van der Waals surface area contributed by atoms with Crippen LogP contribution in [0.2, 0.25) is 0 Å². The van der Waals surface area contributed by atoms with Crippen LogP contribution in [0.3, 0.4) is 0 Å². The molecule has 2 rings (SSSR count). The lowest BCUT2D eigenvalue weighted by molar-refractivity contribution is -0.141. The minimum atomic E-state index is -4.47. The molecule has 1 atom stereocenters. The Labute approximate surface area is 102 Å². The lowest BCUT2D eigenvalue weighted by atomic mass is 10.2. The van der Waals surface area contributed by atoms with Crippen LogP contribution in [0.5, 0.6) is 0 Å². The zero-order chi connectivity index (χ0) is 13.2. The highest BCUT2D eigenvalue weighted by molar-refractivity contribution is 5.33. The molecule has 0 radical (unpaired) electrons. The Kier molecular flexibility index (Phi) is 3.67. The average Bonchev–Trinajstić information content (AvgIpc) is 2.38. The minimum absolute atomic E-state index is 0.0450. The lowest BCUT2D eigenvalue weighted by Gasteiger charge is -2.34. The van der Waals surface area contributed by atoms with Gasteiger partial charge in [-0.2, -0.15) is 13.2 Å². The Morgan fingerprint density at radius 1 is 1.50 bits per heavy atom. The summed E-state index contributed by atoms with van der Waals surface area (Å²) in [6.07, 6.45) is -3.36. The number of halogens is 3. The van der Waals surface area contributed by atoms with E-state index in [4.69, 9.17) is 10.5 Å². The first-order valence-electron chi connectivity index (χ1n) is 5.47. The maximum absolute atomic E-state index is 12.6. The first-order chi connectivity index (χ1) is 8.52. The van der Waals surface area contributed by atoms with Crippen molar-refractivity contribution in [3.63, 3.8) is 0 Å². The summed E-state index contributed by atoms with van der Waals surface area (Å²) in [5, 5.41) is 0. The molecule has 2 N–H and O–H groups in total. The zero-order valence-corrected chi connectivity index (χ0v) is 9.52. The van der Waals surface area contributed by atoms with Gasteiger partial charge < -0.3 is 15.4 Å². The third-order valence-corrected chi connectivity index (χ3v) is 2.69. The van der Waals surface area contributed by atoms with E-state index in [1.807, 2.05) is 0 Å². The molecule has 2 heterocycles. The molecular formula is C10H13F3N4O. The van der Waals surface area contributed by atoms with Crippen molar-refractivity contribution in [3.05, 3.63) is 18.0 Å². The fraction of sp³-hybridized carbons (Fsp3) is 0.600. The summed E-state index contributed by atoms with van der Waals surface area (Å²) in [5.74, 6) is 0.0450. The highest BCUT2D eigenvalue weighted by Gasteiger charge is 2.34. The molecule has 1 saturated heterocycles. The number of nitrogens with two attached hydrogens (primary N) is 1. The van der Waals surface area contributed by atoms with Crippen LogP contribution in [0.25, 0.3) is 0 Å². The van der Waals surface area contributed by atoms with Crippen LogP contribution in [-0.4, -0.2) is 42.3 Å². The van der Waals surface area contributed by atoms with E-state index in [-0.39, 0.29) is 18.5 Å². The molecule has 0 bridgehead atoms. The monoisotopic (exact) mass is 262 g/mol. The number of alkyl halides is 3. The Morgan fingerprint density at radius 3 is 2.94 bits per heavy atom. The Morgan fingerprint density at radius 2 is 2.28 bits per heavy atom. The van der Waals surface area contributed by atoms with Crippen molar-refractivity contribution >= 4 is 5.95 Å². The number of aromatic nitrogens is 2. The third kappa shape index (κ3) is 2.70. The largest absolute Gasteiger partial charge is 0.433 e. The van der Waals surface area contributed by atoms with Crippen LogP contribution >= 0.6 is 0 Å². The SMILES string of the molecule is NCC1COCCN1c1nccc(C(F)(F)F)n1. The van der Waals surface area contributed by atoms with Gasteiger partial charge in [-0.3, -0.25) is 0 Å². The van der Waals surface area contributed by atoms with Gasteiger partial charge in [0.1, 0.15) is 5.69 Å². The van der Waals surface area contributed by atoms with Crippen molar-refractivity contribution in [3.8, 4) is 0 Å². The van der Waals surface area contributed by atoms with Crippen molar-refractivity contribution in [2.45, 2.75) is 12.2 Å². The quantitative estimate of drug-likeness (QED) is 0.848. The average molecular weight is 262 g/mol. The van der Waals surface area contributed by atoms with Gasteiger partial charge in [-0.25, -0.2) is 9.97 Å². The molecule has 0 amide bonds. The van der Waals surface area contributed by atoms with Gasteiger partial charge in [0.15, 0.2) is 0 Å². The second-order valence-electron chi connectivity index (χ2n) is 3.90. The normalized spacial score (nSPS) is 21.1. The molecule has 1 aromatic heterocycles. The molecule has 1 aromatic rings. The van der Waals surface area contributed by atoms with Crippen LogP contribution < -0.4 is 10.6 Å². The molecule has 0 saturated carbocycles. The predicted molar refractivity (Wildman–Crippen MR) is 58.0 cm³/mol. The lowest BCUT2D eigenvalue weighted by Crippen LogP contribution is -2.50. The number of hydrogen-bond donors (Lipinski definition) is 1. The molecule has 1 unspecified atom stereocenters. The number of hydrogen-bond acceptors (Lipinski definition) is 5. The van der Waals surface area contributed by atoms with Crippen LogP contribution in [0.15, 0.2) is 12.3 Å². The number of morpholine rings is 1. The first-order valence-corrected chi connectivity index (χ1v) is 5.47. The molecule has 0 aliphatic carbocycles. The van der Waals surface area contributed by atoms with Gasteiger partial charge in [0.05, 0.1) is 19.3 Å².